The Bertz CT molecular complexity index is 1030. The Morgan fingerprint density at radius 3 is 1.07 bits per heavy atom. The Balaban J connectivity index is 1.52. The molecular formula is C20H16N4O6. The van der Waals surface area contributed by atoms with Gasteiger partial charge in [-0.15, -0.1) is 0 Å². The number of hydrogen-bond acceptors (Lipinski definition) is 8. The van der Waals surface area contributed by atoms with E-state index in [4.69, 9.17) is 0 Å². The van der Waals surface area contributed by atoms with Crippen LogP contribution in [0.5, 0.6) is 0 Å². The molecule has 0 bridgehead atoms. The van der Waals surface area contributed by atoms with Crippen LogP contribution in [0, 0.1) is 0 Å². The first kappa shape index (κ1) is 17.7. The Kier molecular flexibility index (Phi) is 3.36. The van der Waals surface area contributed by atoms with Crippen molar-refractivity contribution < 1.29 is 29.4 Å². The van der Waals surface area contributed by atoms with Gasteiger partial charge in [0.15, 0.2) is 0 Å². The third-order valence-corrected chi connectivity index (χ3v) is 6.10. The number of amides is 4. The standard InChI is InChI=1S/C20H16N4O6/c25-9-5-21(6-9)23-17(27)11-1-2-12-16-14(4-3-13(15(11)16)19(23)29)20(30)24(18(12)28)22-7-10(26)8-22/h1-4,9-10,25-26H,5-8H2. The highest BCUT2D eigenvalue weighted by molar-refractivity contribution is 6.33. The van der Waals surface area contributed by atoms with Gasteiger partial charge in [0.2, 0.25) is 0 Å². The monoisotopic (exact) mass is 408 g/mol. The number of nitrogens with zero attached hydrogens (tertiary/aromatic N) is 4. The topological polar surface area (TPSA) is 122 Å². The van der Waals surface area contributed by atoms with E-state index in [1.54, 1.807) is 0 Å². The lowest BCUT2D eigenvalue weighted by Gasteiger charge is -2.45. The number of β-amino-alcohol motifs (C(OH)–C–C–N with tert-alkyl or cyclic N) is 2. The van der Waals surface area contributed by atoms with Crippen LogP contribution in [0.3, 0.4) is 0 Å². The number of aliphatic hydroxyl groups excluding tert-OH is 2. The molecule has 0 unspecified atom stereocenters. The second-order valence-corrected chi connectivity index (χ2v) is 7.97. The molecule has 152 valence electrons. The molecule has 2 N–H and O–H groups in total. The summed E-state index contributed by atoms with van der Waals surface area (Å²) in [4.78, 5) is 52.3. The van der Waals surface area contributed by atoms with Crippen LogP contribution in [-0.2, 0) is 0 Å². The first-order valence-corrected chi connectivity index (χ1v) is 9.60. The van der Waals surface area contributed by atoms with Crippen molar-refractivity contribution >= 4 is 34.4 Å². The highest BCUT2D eigenvalue weighted by atomic mass is 16.3. The average Bonchev–Trinajstić information content (AvgIpc) is 2.67. The number of imide groups is 2. The fraction of sp³-hybridized carbons (Fsp3) is 0.300. The highest BCUT2D eigenvalue weighted by Crippen LogP contribution is 2.39. The van der Waals surface area contributed by atoms with Gasteiger partial charge < -0.3 is 10.2 Å². The maximum Gasteiger partial charge on any atom is 0.276 e. The second kappa shape index (κ2) is 5.70. The fourth-order valence-electron chi connectivity index (χ4n) is 4.56. The molecule has 10 nitrogen and oxygen atoms in total. The van der Waals surface area contributed by atoms with Gasteiger partial charge in [-0.25, -0.2) is 20.0 Å². The van der Waals surface area contributed by atoms with E-state index >= 15 is 0 Å². The number of hydrogen-bond donors (Lipinski definition) is 2. The van der Waals surface area contributed by atoms with E-state index in [0.29, 0.717) is 10.8 Å². The normalized spacial score (nSPS) is 22.7. The lowest BCUT2D eigenvalue weighted by atomic mass is 9.86. The van der Waals surface area contributed by atoms with Crippen LogP contribution in [0.2, 0.25) is 0 Å². The third kappa shape index (κ3) is 2.05. The van der Waals surface area contributed by atoms with Gasteiger partial charge in [0, 0.05) is 37.0 Å². The van der Waals surface area contributed by atoms with Crippen LogP contribution < -0.4 is 0 Å². The summed E-state index contributed by atoms with van der Waals surface area (Å²) < 4.78 is 0. The van der Waals surface area contributed by atoms with Crippen molar-refractivity contribution in [2.45, 2.75) is 12.2 Å². The molecule has 0 aliphatic carbocycles. The molecule has 4 aliphatic rings. The Hall–Kier alpha value is -3.18. The van der Waals surface area contributed by atoms with Crippen molar-refractivity contribution in [1.82, 2.24) is 20.0 Å². The lowest BCUT2D eigenvalue weighted by Crippen LogP contribution is -2.63. The molecule has 4 amide bonds. The van der Waals surface area contributed by atoms with E-state index in [9.17, 15) is 29.4 Å². The maximum atomic E-state index is 13.1. The van der Waals surface area contributed by atoms with Gasteiger partial charge in [0.1, 0.15) is 0 Å². The van der Waals surface area contributed by atoms with Gasteiger partial charge in [-0.2, -0.15) is 0 Å². The minimum absolute atomic E-state index is 0.180. The summed E-state index contributed by atoms with van der Waals surface area (Å²) in [5.74, 6) is -2.18. The van der Waals surface area contributed by atoms with Crippen molar-refractivity contribution in [2.24, 2.45) is 0 Å². The molecular weight excluding hydrogens is 392 g/mol. The number of benzene rings is 2. The van der Waals surface area contributed by atoms with Crippen molar-refractivity contribution in [3.05, 3.63) is 46.5 Å². The average molecular weight is 408 g/mol. The van der Waals surface area contributed by atoms with Crippen LogP contribution >= 0.6 is 0 Å². The molecule has 2 aromatic rings. The molecule has 0 atom stereocenters. The second-order valence-electron chi connectivity index (χ2n) is 7.97. The number of rotatable bonds is 2. The van der Waals surface area contributed by atoms with Gasteiger partial charge in [-0.05, 0) is 24.3 Å². The maximum absolute atomic E-state index is 13.1. The largest absolute Gasteiger partial charge is 0.390 e. The van der Waals surface area contributed by atoms with E-state index in [0.717, 1.165) is 10.0 Å². The predicted octanol–water partition coefficient (Wildman–Crippen LogP) is -0.785. The summed E-state index contributed by atoms with van der Waals surface area (Å²) in [6.45, 7) is 0.721. The molecule has 0 radical (unpaired) electrons. The molecule has 10 heteroatoms. The summed E-state index contributed by atoms with van der Waals surface area (Å²) in [6, 6.07) is 6.00. The highest BCUT2D eigenvalue weighted by Gasteiger charge is 2.46. The first-order valence-electron chi connectivity index (χ1n) is 9.60. The Morgan fingerprint density at radius 1 is 0.567 bits per heavy atom. The Labute approximate surface area is 169 Å². The lowest BCUT2D eigenvalue weighted by molar-refractivity contribution is -0.0965. The number of aliphatic hydroxyl groups is 2. The van der Waals surface area contributed by atoms with Gasteiger partial charge in [-0.3, -0.25) is 19.2 Å². The van der Waals surface area contributed by atoms with E-state index in [-0.39, 0.29) is 48.4 Å². The van der Waals surface area contributed by atoms with Gasteiger partial charge in [0.05, 0.1) is 34.5 Å². The van der Waals surface area contributed by atoms with E-state index in [1.165, 1.54) is 34.3 Å². The van der Waals surface area contributed by atoms with Crippen LogP contribution in [0.4, 0.5) is 0 Å². The smallest absolute Gasteiger partial charge is 0.276 e. The molecule has 2 aromatic carbocycles. The predicted molar refractivity (Wildman–Crippen MR) is 100 cm³/mol. The summed E-state index contributed by atoms with van der Waals surface area (Å²) >= 11 is 0. The van der Waals surface area contributed by atoms with Gasteiger partial charge in [0.25, 0.3) is 23.6 Å². The van der Waals surface area contributed by atoms with Crippen LogP contribution in [0.25, 0.3) is 10.8 Å². The van der Waals surface area contributed by atoms with E-state index in [1.807, 2.05) is 0 Å². The molecule has 2 saturated heterocycles. The molecule has 4 heterocycles. The van der Waals surface area contributed by atoms with Crippen molar-refractivity contribution in [1.29, 1.82) is 0 Å². The molecule has 4 aliphatic heterocycles. The summed E-state index contributed by atoms with van der Waals surface area (Å²) in [7, 11) is 0. The molecule has 0 spiro atoms. The van der Waals surface area contributed by atoms with Crippen LogP contribution in [-0.4, -0.2) is 92.3 Å². The van der Waals surface area contributed by atoms with E-state index < -0.39 is 35.8 Å². The summed E-state index contributed by atoms with van der Waals surface area (Å²) in [5, 5.41) is 24.7. The quantitative estimate of drug-likeness (QED) is 0.621. The van der Waals surface area contributed by atoms with Crippen molar-refractivity contribution in [3.8, 4) is 0 Å². The molecule has 0 aromatic heterocycles. The fourth-order valence-corrected chi connectivity index (χ4v) is 4.56. The molecule has 2 fully saturated rings. The minimum Gasteiger partial charge on any atom is -0.390 e. The van der Waals surface area contributed by atoms with E-state index in [2.05, 4.69) is 0 Å². The SMILES string of the molecule is O=C1c2ccc3c4c(ccc(c24)C(=O)N1N1CC(O)C1)C(=O)N(N1CC(O)C1)C3=O. The summed E-state index contributed by atoms with van der Waals surface area (Å²) in [5.41, 5.74) is 0.944. The molecule has 30 heavy (non-hydrogen) atoms. The van der Waals surface area contributed by atoms with Crippen molar-refractivity contribution in [2.75, 3.05) is 26.2 Å². The number of hydrazine groups is 2. The van der Waals surface area contributed by atoms with Crippen molar-refractivity contribution in [3.63, 3.8) is 0 Å². The summed E-state index contributed by atoms with van der Waals surface area (Å²) in [6.07, 6.45) is -1.19. The van der Waals surface area contributed by atoms with Crippen LogP contribution in [0.15, 0.2) is 24.3 Å². The molecule has 6 rings (SSSR count). The Morgan fingerprint density at radius 2 is 0.833 bits per heavy atom. The third-order valence-electron chi connectivity index (χ3n) is 6.10. The zero-order valence-electron chi connectivity index (χ0n) is 15.6. The van der Waals surface area contributed by atoms with Gasteiger partial charge >= 0.3 is 0 Å². The zero-order valence-corrected chi connectivity index (χ0v) is 15.6. The van der Waals surface area contributed by atoms with Crippen LogP contribution in [0.1, 0.15) is 41.4 Å². The van der Waals surface area contributed by atoms with Gasteiger partial charge in [-0.1, -0.05) is 0 Å². The number of carbonyl (C=O) groups excluding carboxylic acids is 4. The minimum atomic E-state index is -0.594. The molecule has 0 saturated carbocycles. The number of carbonyl (C=O) groups is 4. The zero-order chi connectivity index (χ0) is 20.9. The first-order chi connectivity index (χ1) is 14.4.